The largest absolute Gasteiger partial charge is 0.349 e. The molecule has 0 spiro atoms. The Bertz CT molecular complexity index is 449. The fourth-order valence-electron chi connectivity index (χ4n) is 1.93. The predicted octanol–water partition coefficient (Wildman–Crippen LogP) is 3.81. The number of nitrogens with zero attached hydrogens (tertiary/aromatic N) is 1. The van der Waals surface area contributed by atoms with Gasteiger partial charge in [-0.25, -0.2) is 4.98 Å². The molecule has 98 valence electrons. The van der Waals surface area contributed by atoms with Gasteiger partial charge >= 0.3 is 0 Å². The highest BCUT2D eigenvalue weighted by molar-refractivity contribution is 9.10. The molecule has 5 heteroatoms. The Labute approximate surface area is 120 Å². The summed E-state index contributed by atoms with van der Waals surface area (Å²) in [6.45, 7) is 2.09. The number of halogens is 2. The molecule has 1 aliphatic rings. The van der Waals surface area contributed by atoms with Crippen molar-refractivity contribution >= 4 is 33.4 Å². The molecule has 0 saturated heterocycles. The van der Waals surface area contributed by atoms with Crippen molar-refractivity contribution in [3.63, 3.8) is 0 Å². The van der Waals surface area contributed by atoms with Crippen molar-refractivity contribution < 1.29 is 4.79 Å². The second-order valence-corrected chi connectivity index (χ2v) is 6.02. The van der Waals surface area contributed by atoms with Gasteiger partial charge in [-0.15, -0.1) is 0 Å². The minimum Gasteiger partial charge on any atom is -0.349 e. The van der Waals surface area contributed by atoms with E-state index >= 15 is 0 Å². The van der Waals surface area contributed by atoms with Crippen molar-refractivity contribution in [2.24, 2.45) is 5.92 Å². The van der Waals surface area contributed by atoms with E-state index in [0.717, 1.165) is 23.2 Å². The summed E-state index contributed by atoms with van der Waals surface area (Å²) in [6, 6.07) is 1.94. The molecule has 1 saturated carbocycles. The number of hydrogen-bond donors (Lipinski definition) is 1. The molecule has 0 aromatic carbocycles. The SMILES string of the molecule is CCC(CC1CC1)NC(=O)c1cc(Br)cnc1Cl. The summed E-state index contributed by atoms with van der Waals surface area (Å²) in [5, 5.41) is 3.29. The van der Waals surface area contributed by atoms with Crippen molar-refractivity contribution in [1.29, 1.82) is 0 Å². The number of rotatable bonds is 5. The van der Waals surface area contributed by atoms with E-state index < -0.39 is 0 Å². The van der Waals surface area contributed by atoms with E-state index in [1.165, 1.54) is 12.8 Å². The van der Waals surface area contributed by atoms with Gasteiger partial charge in [0.15, 0.2) is 0 Å². The lowest BCUT2D eigenvalue weighted by Gasteiger charge is -2.17. The average Bonchev–Trinajstić information content (AvgIpc) is 3.15. The van der Waals surface area contributed by atoms with Crippen LogP contribution < -0.4 is 5.32 Å². The van der Waals surface area contributed by atoms with Crippen molar-refractivity contribution in [2.45, 2.75) is 38.6 Å². The predicted molar refractivity (Wildman–Crippen MR) is 75.8 cm³/mol. The number of amides is 1. The fraction of sp³-hybridized carbons (Fsp3) is 0.538. The second kappa shape index (κ2) is 6.02. The Hall–Kier alpha value is -0.610. The number of carbonyl (C=O) groups excluding carboxylic acids is 1. The lowest BCUT2D eigenvalue weighted by Crippen LogP contribution is -2.35. The summed E-state index contributed by atoms with van der Waals surface area (Å²) in [5.74, 6) is 0.660. The minimum absolute atomic E-state index is 0.138. The first-order valence-electron chi connectivity index (χ1n) is 6.22. The van der Waals surface area contributed by atoms with Crippen LogP contribution in [0.4, 0.5) is 0 Å². The van der Waals surface area contributed by atoms with Gasteiger partial charge in [-0.1, -0.05) is 31.4 Å². The number of hydrogen-bond acceptors (Lipinski definition) is 2. The van der Waals surface area contributed by atoms with E-state index in [1.54, 1.807) is 12.3 Å². The molecule has 1 aromatic rings. The van der Waals surface area contributed by atoms with Crippen LogP contribution in [-0.2, 0) is 0 Å². The van der Waals surface area contributed by atoms with Gasteiger partial charge in [0.05, 0.1) is 5.56 Å². The van der Waals surface area contributed by atoms with Gasteiger partial charge in [-0.05, 0) is 40.8 Å². The van der Waals surface area contributed by atoms with Crippen LogP contribution in [0.2, 0.25) is 5.15 Å². The maximum absolute atomic E-state index is 12.1. The zero-order chi connectivity index (χ0) is 13.1. The average molecular weight is 332 g/mol. The van der Waals surface area contributed by atoms with Gasteiger partial charge < -0.3 is 5.32 Å². The molecule has 1 aromatic heterocycles. The molecule has 3 nitrogen and oxygen atoms in total. The zero-order valence-electron chi connectivity index (χ0n) is 10.2. The number of nitrogens with one attached hydrogen (secondary N) is 1. The number of carbonyl (C=O) groups is 1. The first-order valence-corrected chi connectivity index (χ1v) is 7.39. The molecule has 1 aliphatic carbocycles. The van der Waals surface area contributed by atoms with Crippen LogP contribution in [0.15, 0.2) is 16.7 Å². The third-order valence-electron chi connectivity index (χ3n) is 3.19. The highest BCUT2D eigenvalue weighted by Gasteiger charge is 2.26. The number of pyridine rings is 1. The highest BCUT2D eigenvalue weighted by Crippen LogP contribution is 2.34. The summed E-state index contributed by atoms with van der Waals surface area (Å²) in [7, 11) is 0. The van der Waals surface area contributed by atoms with Crippen LogP contribution in [0.25, 0.3) is 0 Å². The zero-order valence-corrected chi connectivity index (χ0v) is 12.6. The molecule has 2 rings (SSSR count). The van der Waals surface area contributed by atoms with Crippen molar-refractivity contribution in [1.82, 2.24) is 10.3 Å². The third-order valence-corrected chi connectivity index (χ3v) is 3.93. The molecule has 1 amide bonds. The van der Waals surface area contributed by atoms with Crippen molar-refractivity contribution in [3.05, 3.63) is 27.5 Å². The quantitative estimate of drug-likeness (QED) is 0.834. The van der Waals surface area contributed by atoms with Crippen LogP contribution >= 0.6 is 27.5 Å². The maximum Gasteiger partial charge on any atom is 0.254 e. The van der Waals surface area contributed by atoms with Gasteiger partial charge in [0.1, 0.15) is 5.15 Å². The van der Waals surface area contributed by atoms with Crippen LogP contribution in [0.3, 0.4) is 0 Å². The van der Waals surface area contributed by atoms with Crippen LogP contribution in [0.5, 0.6) is 0 Å². The lowest BCUT2D eigenvalue weighted by molar-refractivity contribution is 0.0932. The Balaban J connectivity index is 2.02. The van der Waals surface area contributed by atoms with E-state index in [9.17, 15) is 4.79 Å². The minimum atomic E-state index is -0.138. The van der Waals surface area contributed by atoms with Crippen LogP contribution in [-0.4, -0.2) is 16.9 Å². The molecule has 0 aliphatic heterocycles. The molecule has 18 heavy (non-hydrogen) atoms. The smallest absolute Gasteiger partial charge is 0.254 e. The van der Waals surface area contributed by atoms with Crippen LogP contribution in [0.1, 0.15) is 43.0 Å². The summed E-state index contributed by atoms with van der Waals surface area (Å²) in [5.41, 5.74) is 0.431. The Morgan fingerprint density at radius 1 is 1.67 bits per heavy atom. The van der Waals surface area contributed by atoms with Crippen molar-refractivity contribution in [2.75, 3.05) is 0 Å². The van der Waals surface area contributed by atoms with E-state index in [2.05, 4.69) is 33.2 Å². The first kappa shape index (κ1) is 13.8. The Morgan fingerprint density at radius 3 is 3.00 bits per heavy atom. The monoisotopic (exact) mass is 330 g/mol. The van der Waals surface area contributed by atoms with E-state index in [0.29, 0.717) is 5.56 Å². The van der Waals surface area contributed by atoms with Gasteiger partial charge in [0.2, 0.25) is 0 Å². The van der Waals surface area contributed by atoms with Gasteiger partial charge in [-0.2, -0.15) is 0 Å². The summed E-state index contributed by atoms with van der Waals surface area (Å²) in [4.78, 5) is 16.1. The molecule has 1 N–H and O–H groups in total. The fourth-order valence-corrected chi connectivity index (χ4v) is 2.45. The highest BCUT2D eigenvalue weighted by atomic mass is 79.9. The molecule has 0 radical (unpaired) electrons. The summed E-state index contributed by atoms with van der Waals surface area (Å²) < 4.78 is 0.757. The molecular formula is C13H16BrClN2O. The van der Waals surface area contributed by atoms with Crippen molar-refractivity contribution in [3.8, 4) is 0 Å². The molecular weight excluding hydrogens is 316 g/mol. The molecule has 0 bridgehead atoms. The third kappa shape index (κ3) is 3.69. The van der Waals surface area contributed by atoms with E-state index in [-0.39, 0.29) is 17.1 Å². The van der Waals surface area contributed by atoms with Crippen LogP contribution in [0, 0.1) is 5.92 Å². The molecule has 1 fully saturated rings. The van der Waals surface area contributed by atoms with Gasteiger partial charge in [0.25, 0.3) is 5.91 Å². The van der Waals surface area contributed by atoms with E-state index in [4.69, 9.17) is 11.6 Å². The maximum atomic E-state index is 12.1. The number of aromatic nitrogens is 1. The normalized spacial score (nSPS) is 16.4. The molecule has 1 unspecified atom stereocenters. The summed E-state index contributed by atoms with van der Waals surface area (Å²) >= 11 is 9.24. The van der Waals surface area contributed by atoms with E-state index in [1.807, 2.05) is 0 Å². The first-order chi connectivity index (χ1) is 8.60. The Morgan fingerprint density at radius 2 is 2.39 bits per heavy atom. The summed E-state index contributed by atoms with van der Waals surface area (Å²) in [6.07, 6.45) is 6.19. The van der Waals surface area contributed by atoms with Gasteiger partial charge in [0, 0.05) is 16.7 Å². The lowest BCUT2D eigenvalue weighted by atomic mass is 10.1. The Kier molecular flexibility index (Phi) is 4.62. The van der Waals surface area contributed by atoms with Gasteiger partial charge in [-0.3, -0.25) is 4.79 Å². The standard InChI is InChI=1S/C13H16BrClN2O/c1-2-10(5-8-3-4-8)17-13(18)11-6-9(14)7-16-12(11)15/h6-8,10H,2-5H2,1H3,(H,17,18). The topological polar surface area (TPSA) is 42.0 Å². The molecule has 1 atom stereocenters. The molecule has 1 heterocycles. The second-order valence-electron chi connectivity index (χ2n) is 4.75.